The molecule has 0 aliphatic heterocycles. The van der Waals surface area contributed by atoms with E-state index in [2.05, 4.69) is 30.7 Å². The molecule has 1 N–H and O–H groups in total. The number of halogens is 1. The molecule has 0 spiro atoms. The third-order valence-corrected chi connectivity index (χ3v) is 4.77. The SMILES string of the molecule is COC(=O)COc1cc(Br)c(/C=C(\C#N)C(=O)Nc2ccc(C(=O)OC)cc2)cc1OC. The zero-order chi connectivity index (χ0) is 23.7. The van der Waals surface area contributed by atoms with Crippen LogP contribution in [-0.2, 0) is 19.1 Å². The summed E-state index contributed by atoms with van der Waals surface area (Å²) in [5.41, 5.74) is 1.02. The van der Waals surface area contributed by atoms with Crippen LogP contribution in [-0.4, -0.2) is 45.8 Å². The number of hydrogen-bond acceptors (Lipinski definition) is 8. The van der Waals surface area contributed by atoms with Gasteiger partial charge in [0, 0.05) is 10.2 Å². The van der Waals surface area contributed by atoms with Crippen LogP contribution in [0.25, 0.3) is 6.08 Å². The van der Waals surface area contributed by atoms with Crippen LogP contribution in [0.4, 0.5) is 5.69 Å². The standard InChI is InChI=1S/C22H19BrN2O7/c1-29-18-9-14(17(23)10-19(18)32-12-20(26)30-2)8-15(11-24)21(27)25-16-6-4-13(5-7-16)22(28)31-3/h4-10H,12H2,1-3H3,(H,25,27)/b15-8+. The molecular formula is C22H19BrN2O7. The monoisotopic (exact) mass is 502 g/mol. The van der Waals surface area contributed by atoms with E-state index < -0.39 is 17.8 Å². The van der Waals surface area contributed by atoms with E-state index in [0.717, 1.165) is 0 Å². The summed E-state index contributed by atoms with van der Waals surface area (Å²) in [5.74, 6) is -1.14. The number of anilines is 1. The molecule has 10 heteroatoms. The highest BCUT2D eigenvalue weighted by atomic mass is 79.9. The number of benzene rings is 2. The average molecular weight is 503 g/mol. The van der Waals surface area contributed by atoms with Crippen molar-refractivity contribution in [1.82, 2.24) is 0 Å². The first-order chi connectivity index (χ1) is 15.3. The first kappa shape index (κ1) is 24.4. The molecule has 0 aromatic heterocycles. The third-order valence-electron chi connectivity index (χ3n) is 4.08. The van der Waals surface area contributed by atoms with E-state index in [1.807, 2.05) is 6.07 Å². The lowest BCUT2D eigenvalue weighted by molar-refractivity contribution is -0.142. The maximum Gasteiger partial charge on any atom is 0.343 e. The van der Waals surface area contributed by atoms with Crippen LogP contribution in [0.5, 0.6) is 11.5 Å². The molecule has 32 heavy (non-hydrogen) atoms. The molecular weight excluding hydrogens is 484 g/mol. The Kier molecular flexibility index (Phi) is 8.80. The Labute approximate surface area is 192 Å². The van der Waals surface area contributed by atoms with E-state index in [9.17, 15) is 19.6 Å². The molecule has 0 saturated carbocycles. The lowest BCUT2D eigenvalue weighted by Crippen LogP contribution is -2.14. The fourth-order valence-corrected chi connectivity index (χ4v) is 2.88. The van der Waals surface area contributed by atoms with Crippen LogP contribution in [0.15, 0.2) is 46.4 Å². The smallest absolute Gasteiger partial charge is 0.343 e. The fraction of sp³-hybridized carbons (Fsp3) is 0.182. The highest BCUT2D eigenvalue weighted by Crippen LogP contribution is 2.34. The molecule has 0 bridgehead atoms. The number of nitriles is 1. The van der Waals surface area contributed by atoms with Crippen molar-refractivity contribution in [2.24, 2.45) is 0 Å². The number of carbonyl (C=O) groups is 3. The predicted molar refractivity (Wildman–Crippen MR) is 118 cm³/mol. The van der Waals surface area contributed by atoms with Crippen LogP contribution in [0.2, 0.25) is 0 Å². The van der Waals surface area contributed by atoms with Gasteiger partial charge in [0.1, 0.15) is 11.6 Å². The molecule has 2 rings (SSSR count). The van der Waals surface area contributed by atoms with E-state index in [4.69, 9.17) is 9.47 Å². The summed E-state index contributed by atoms with van der Waals surface area (Å²) >= 11 is 3.36. The highest BCUT2D eigenvalue weighted by molar-refractivity contribution is 9.10. The maximum absolute atomic E-state index is 12.6. The van der Waals surface area contributed by atoms with Crippen LogP contribution in [0.1, 0.15) is 15.9 Å². The van der Waals surface area contributed by atoms with Crippen molar-refractivity contribution >= 4 is 45.5 Å². The maximum atomic E-state index is 12.6. The Morgan fingerprint density at radius 3 is 2.31 bits per heavy atom. The molecule has 166 valence electrons. The quantitative estimate of drug-likeness (QED) is 0.331. The number of nitrogens with zero attached hydrogens (tertiary/aromatic N) is 1. The van der Waals surface area contributed by atoms with Crippen molar-refractivity contribution < 1.29 is 33.3 Å². The van der Waals surface area contributed by atoms with Crippen molar-refractivity contribution in [2.75, 3.05) is 33.3 Å². The summed E-state index contributed by atoms with van der Waals surface area (Å²) in [6.45, 7) is -0.310. The Morgan fingerprint density at radius 2 is 1.75 bits per heavy atom. The molecule has 0 atom stereocenters. The summed E-state index contributed by atoms with van der Waals surface area (Å²) in [7, 11) is 3.93. The lowest BCUT2D eigenvalue weighted by Gasteiger charge is -2.12. The van der Waals surface area contributed by atoms with E-state index >= 15 is 0 Å². The molecule has 0 radical (unpaired) electrons. The number of nitrogens with one attached hydrogen (secondary N) is 1. The van der Waals surface area contributed by atoms with Crippen LogP contribution in [0.3, 0.4) is 0 Å². The lowest BCUT2D eigenvalue weighted by atomic mass is 10.1. The van der Waals surface area contributed by atoms with Gasteiger partial charge < -0.3 is 24.3 Å². The summed E-state index contributed by atoms with van der Waals surface area (Å²) in [6, 6.07) is 11.0. The molecule has 2 aromatic rings. The molecule has 0 aliphatic rings. The second kappa shape index (κ2) is 11.5. The summed E-state index contributed by atoms with van der Waals surface area (Å²) in [6.07, 6.45) is 1.37. The van der Waals surface area contributed by atoms with E-state index in [0.29, 0.717) is 27.0 Å². The number of ether oxygens (including phenoxy) is 4. The number of hydrogen-bond donors (Lipinski definition) is 1. The summed E-state index contributed by atoms with van der Waals surface area (Å²) < 4.78 is 20.3. The predicted octanol–water partition coefficient (Wildman–Crippen LogP) is 3.34. The highest BCUT2D eigenvalue weighted by Gasteiger charge is 2.15. The number of rotatable bonds is 8. The topological polar surface area (TPSA) is 124 Å². The van der Waals surface area contributed by atoms with Gasteiger partial charge in [0.25, 0.3) is 5.91 Å². The second-order valence-electron chi connectivity index (χ2n) is 6.08. The molecule has 2 aromatic carbocycles. The largest absolute Gasteiger partial charge is 0.493 e. The van der Waals surface area contributed by atoms with Crippen molar-refractivity contribution in [3.05, 3.63) is 57.6 Å². The zero-order valence-electron chi connectivity index (χ0n) is 17.4. The van der Waals surface area contributed by atoms with E-state index in [-0.39, 0.29) is 17.9 Å². The molecule has 1 amide bonds. The van der Waals surface area contributed by atoms with Crippen LogP contribution in [0, 0.1) is 11.3 Å². The summed E-state index contributed by atoms with van der Waals surface area (Å²) in [4.78, 5) is 35.3. The summed E-state index contributed by atoms with van der Waals surface area (Å²) in [5, 5.41) is 12.1. The van der Waals surface area contributed by atoms with E-state index in [1.165, 1.54) is 51.7 Å². The van der Waals surface area contributed by atoms with Crippen molar-refractivity contribution in [3.8, 4) is 17.6 Å². The van der Waals surface area contributed by atoms with Gasteiger partial charge in [-0.1, -0.05) is 15.9 Å². The Bertz CT molecular complexity index is 1090. The first-order valence-corrected chi connectivity index (χ1v) is 9.80. The van der Waals surface area contributed by atoms with Gasteiger partial charge in [-0.15, -0.1) is 0 Å². The van der Waals surface area contributed by atoms with Crippen LogP contribution >= 0.6 is 15.9 Å². The van der Waals surface area contributed by atoms with Gasteiger partial charge in [-0.25, -0.2) is 9.59 Å². The number of methoxy groups -OCH3 is 3. The van der Waals surface area contributed by atoms with Gasteiger partial charge >= 0.3 is 11.9 Å². The first-order valence-electron chi connectivity index (χ1n) is 9.01. The fourth-order valence-electron chi connectivity index (χ4n) is 2.44. The molecule has 0 fully saturated rings. The molecule has 9 nitrogen and oxygen atoms in total. The number of amides is 1. The average Bonchev–Trinajstić information content (AvgIpc) is 2.81. The third kappa shape index (κ3) is 6.33. The minimum atomic E-state index is -0.643. The van der Waals surface area contributed by atoms with Gasteiger partial charge in [0.15, 0.2) is 18.1 Å². The Morgan fingerprint density at radius 1 is 1.06 bits per heavy atom. The molecule has 0 unspecified atom stereocenters. The van der Waals surface area contributed by atoms with Crippen LogP contribution < -0.4 is 14.8 Å². The Hall–Kier alpha value is -3.84. The van der Waals surface area contributed by atoms with Gasteiger partial charge in [0.2, 0.25) is 0 Å². The van der Waals surface area contributed by atoms with E-state index in [1.54, 1.807) is 12.1 Å². The van der Waals surface area contributed by atoms with Crippen molar-refractivity contribution in [2.45, 2.75) is 0 Å². The zero-order valence-corrected chi connectivity index (χ0v) is 19.0. The second-order valence-corrected chi connectivity index (χ2v) is 6.94. The van der Waals surface area contributed by atoms with Crippen molar-refractivity contribution in [1.29, 1.82) is 5.26 Å². The minimum absolute atomic E-state index is 0.173. The van der Waals surface area contributed by atoms with Gasteiger partial charge in [-0.05, 0) is 48.0 Å². The molecule has 0 heterocycles. The number of carbonyl (C=O) groups excluding carboxylic acids is 3. The number of esters is 2. The molecule has 0 saturated heterocycles. The van der Waals surface area contributed by atoms with Gasteiger partial charge in [-0.2, -0.15) is 5.26 Å². The van der Waals surface area contributed by atoms with Gasteiger partial charge in [-0.3, -0.25) is 4.79 Å². The molecule has 0 aliphatic carbocycles. The minimum Gasteiger partial charge on any atom is -0.493 e. The normalized spacial score (nSPS) is 10.5. The van der Waals surface area contributed by atoms with Gasteiger partial charge in [0.05, 0.1) is 26.9 Å². The van der Waals surface area contributed by atoms with Crippen molar-refractivity contribution in [3.63, 3.8) is 0 Å². The Balaban J connectivity index is 2.24.